The van der Waals surface area contributed by atoms with Crippen LogP contribution < -0.4 is 0 Å². The van der Waals surface area contributed by atoms with Crippen molar-refractivity contribution in [3.8, 4) is 0 Å². The minimum Gasteiger partial charge on any atom is -0.343 e. The van der Waals surface area contributed by atoms with Crippen LogP contribution >= 0.6 is 0 Å². The molecular weight excluding hydrogens is 236 g/mol. The first-order chi connectivity index (χ1) is 8.28. The lowest BCUT2D eigenvalue weighted by Gasteiger charge is -2.33. The normalized spacial score (nSPS) is 17.6. The van der Waals surface area contributed by atoms with Crippen molar-refractivity contribution in [1.29, 1.82) is 0 Å². The molecule has 0 bridgehead atoms. The Bertz CT molecular complexity index is 304. The monoisotopic (exact) mass is 258 g/mol. The van der Waals surface area contributed by atoms with Crippen LogP contribution in [0, 0.1) is 21.4 Å². The van der Waals surface area contributed by atoms with E-state index in [-0.39, 0.29) is 23.8 Å². The first-order valence-corrected chi connectivity index (χ1v) is 6.33. The zero-order valence-corrected chi connectivity index (χ0v) is 11.3. The van der Waals surface area contributed by atoms with Crippen molar-refractivity contribution >= 4 is 5.91 Å². The summed E-state index contributed by atoms with van der Waals surface area (Å²) in [7, 11) is 0. The molecule has 1 aliphatic rings. The molecule has 0 N–H and O–H groups in total. The van der Waals surface area contributed by atoms with Crippen molar-refractivity contribution in [3.63, 3.8) is 0 Å². The molecule has 1 fully saturated rings. The second-order valence-corrected chi connectivity index (χ2v) is 6.08. The van der Waals surface area contributed by atoms with Gasteiger partial charge in [0, 0.05) is 19.5 Å². The molecule has 6 heteroatoms. The van der Waals surface area contributed by atoms with Gasteiger partial charge in [0.2, 0.25) is 5.91 Å². The number of hydrogen-bond donors (Lipinski definition) is 0. The van der Waals surface area contributed by atoms with Crippen LogP contribution in [0.2, 0.25) is 0 Å². The Hall–Kier alpha value is -1.33. The summed E-state index contributed by atoms with van der Waals surface area (Å²) in [4.78, 5) is 28.3. The molecule has 1 aliphatic heterocycles. The topological polar surface area (TPSA) is 72.7 Å². The van der Waals surface area contributed by atoms with Gasteiger partial charge in [-0.15, -0.1) is 10.1 Å². The molecule has 1 heterocycles. The lowest BCUT2D eigenvalue weighted by atomic mass is 9.90. The summed E-state index contributed by atoms with van der Waals surface area (Å²) in [5, 5.41) is 9.34. The van der Waals surface area contributed by atoms with Gasteiger partial charge >= 0.3 is 0 Å². The lowest BCUT2D eigenvalue weighted by molar-refractivity contribution is -0.759. The fourth-order valence-corrected chi connectivity index (χ4v) is 2.08. The van der Waals surface area contributed by atoms with Gasteiger partial charge in [-0.3, -0.25) is 4.79 Å². The molecule has 0 unspecified atom stereocenters. The van der Waals surface area contributed by atoms with E-state index in [1.807, 2.05) is 25.7 Å². The third-order valence-corrected chi connectivity index (χ3v) is 3.06. The van der Waals surface area contributed by atoms with E-state index >= 15 is 0 Å². The van der Waals surface area contributed by atoms with Crippen molar-refractivity contribution in [2.45, 2.75) is 40.0 Å². The van der Waals surface area contributed by atoms with Crippen molar-refractivity contribution in [2.24, 2.45) is 11.3 Å². The molecule has 0 saturated carbocycles. The number of nitrogens with zero attached hydrogens (tertiary/aromatic N) is 2. The molecule has 0 aliphatic carbocycles. The number of hydrogen-bond acceptors (Lipinski definition) is 4. The summed E-state index contributed by atoms with van der Waals surface area (Å²) in [6, 6.07) is 0. The van der Waals surface area contributed by atoms with E-state index in [1.54, 1.807) is 0 Å². The Balaban J connectivity index is 2.30. The van der Waals surface area contributed by atoms with Crippen LogP contribution in [-0.2, 0) is 9.63 Å². The minimum absolute atomic E-state index is 0.00264. The van der Waals surface area contributed by atoms with Gasteiger partial charge < -0.3 is 9.74 Å². The van der Waals surface area contributed by atoms with E-state index < -0.39 is 5.09 Å². The Kier molecular flexibility index (Phi) is 4.93. The van der Waals surface area contributed by atoms with Crippen molar-refractivity contribution in [2.75, 3.05) is 19.7 Å². The summed E-state index contributed by atoms with van der Waals surface area (Å²) in [5.74, 6) is 0.366. The van der Waals surface area contributed by atoms with Gasteiger partial charge in [-0.2, -0.15) is 0 Å². The van der Waals surface area contributed by atoms with E-state index in [0.29, 0.717) is 19.5 Å². The Morgan fingerprint density at radius 2 is 1.94 bits per heavy atom. The highest BCUT2D eigenvalue weighted by Gasteiger charge is 2.26. The Labute approximate surface area is 107 Å². The van der Waals surface area contributed by atoms with Crippen molar-refractivity contribution in [1.82, 2.24) is 4.90 Å². The first kappa shape index (κ1) is 14.7. The first-order valence-electron chi connectivity index (χ1n) is 6.33. The Morgan fingerprint density at radius 1 is 1.39 bits per heavy atom. The van der Waals surface area contributed by atoms with E-state index in [9.17, 15) is 14.9 Å². The predicted molar refractivity (Wildman–Crippen MR) is 66.3 cm³/mol. The second kappa shape index (κ2) is 6.02. The predicted octanol–water partition coefficient (Wildman–Crippen LogP) is 1.87. The van der Waals surface area contributed by atoms with E-state index in [4.69, 9.17) is 0 Å². The van der Waals surface area contributed by atoms with Crippen LogP contribution in [0.5, 0.6) is 0 Å². The number of amides is 1. The maximum Gasteiger partial charge on any atom is 0.294 e. The molecule has 6 nitrogen and oxygen atoms in total. The largest absolute Gasteiger partial charge is 0.343 e. The van der Waals surface area contributed by atoms with Gasteiger partial charge in [0.05, 0.1) is 6.61 Å². The summed E-state index contributed by atoms with van der Waals surface area (Å²) < 4.78 is 0. The molecule has 0 spiro atoms. The number of carbonyl (C=O) groups excluding carboxylic acids is 1. The third kappa shape index (κ3) is 5.33. The Morgan fingerprint density at radius 3 is 2.39 bits per heavy atom. The summed E-state index contributed by atoms with van der Waals surface area (Å²) in [6.07, 6.45) is 2.11. The van der Waals surface area contributed by atoms with Crippen LogP contribution in [0.3, 0.4) is 0 Å². The van der Waals surface area contributed by atoms with Gasteiger partial charge in [0.15, 0.2) is 0 Å². The molecule has 0 aromatic carbocycles. The van der Waals surface area contributed by atoms with E-state index in [0.717, 1.165) is 12.8 Å². The van der Waals surface area contributed by atoms with Gasteiger partial charge in [0.1, 0.15) is 0 Å². The molecule has 1 rings (SSSR count). The van der Waals surface area contributed by atoms with Crippen LogP contribution in [0.4, 0.5) is 0 Å². The highest BCUT2D eigenvalue weighted by Crippen LogP contribution is 2.23. The van der Waals surface area contributed by atoms with Crippen LogP contribution in [-0.4, -0.2) is 35.6 Å². The van der Waals surface area contributed by atoms with Crippen molar-refractivity contribution in [3.05, 3.63) is 10.1 Å². The standard InChI is InChI=1S/C12H22N2O4/c1-12(2,3)8-11(15)13-6-4-10(5-7-13)9-18-14(16)17/h10H,4-9H2,1-3H3. The van der Waals surface area contributed by atoms with Gasteiger partial charge in [0.25, 0.3) is 5.09 Å². The van der Waals surface area contributed by atoms with Crippen LogP contribution in [0.15, 0.2) is 0 Å². The molecule has 0 radical (unpaired) electrons. The number of carbonyl (C=O) groups is 1. The van der Waals surface area contributed by atoms with Gasteiger partial charge in [-0.05, 0) is 24.2 Å². The molecule has 104 valence electrons. The molecule has 18 heavy (non-hydrogen) atoms. The molecule has 0 aromatic heterocycles. The third-order valence-electron chi connectivity index (χ3n) is 3.06. The maximum absolute atomic E-state index is 12.0. The van der Waals surface area contributed by atoms with Gasteiger partial charge in [-0.1, -0.05) is 20.8 Å². The van der Waals surface area contributed by atoms with Gasteiger partial charge in [-0.25, -0.2) is 0 Å². The average molecular weight is 258 g/mol. The SMILES string of the molecule is CC(C)(C)CC(=O)N1CCC(CO[N+](=O)[O-])CC1. The quantitative estimate of drug-likeness (QED) is 0.570. The zero-order valence-electron chi connectivity index (χ0n) is 11.3. The number of piperidine rings is 1. The molecule has 1 saturated heterocycles. The average Bonchev–Trinajstić information content (AvgIpc) is 2.24. The van der Waals surface area contributed by atoms with Crippen LogP contribution in [0.1, 0.15) is 40.0 Å². The number of rotatable bonds is 4. The maximum atomic E-state index is 12.0. The smallest absolute Gasteiger partial charge is 0.294 e. The molecule has 1 amide bonds. The lowest BCUT2D eigenvalue weighted by Crippen LogP contribution is -2.40. The number of likely N-dealkylation sites (tertiary alicyclic amines) is 1. The van der Waals surface area contributed by atoms with Crippen LogP contribution in [0.25, 0.3) is 0 Å². The summed E-state index contributed by atoms with van der Waals surface area (Å²) in [6.45, 7) is 7.64. The zero-order chi connectivity index (χ0) is 13.8. The molecule has 0 atom stereocenters. The fraction of sp³-hybridized carbons (Fsp3) is 0.917. The highest BCUT2D eigenvalue weighted by molar-refractivity contribution is 5.76. The minimum atomic E-state index is -0.753. The molecular formula is C12H22N2O4. The van der Waals surface area contributed by atoms with E-state index in [1.165, 1.54) is 0 Å². The summed E-state index contributed by atoms with van der Waals surface area (Å²) in [5.41, 5.74) is 0.00264. The highest BCUT2D eigenvalue weighted by atomic mass is 16.9. The summed E-state index contributed by atoms with van der Waals surface area (Å²) >= 11 is 0. The van der Waals surface area contributed by atoms with Crippen molar-refractivity contribution < 1.29 is 14.7 Å². The van der Waals surface area contributed by atoms with E-state index in [2.05, 4.69) is 4.84 Å². The molecule has 0 aromatic rings. The second-order valence-electron chi connectivity index (χ2n) is 6.08. The fourth-order valence-electron chi connectivity index (χ4n) is 2.08.